The van der Waals surface area contributed by atoms with E-state index in [0.717, 1.165) is 24.8 Å². The molecule has 0 saturated carbocycles. The Morgan fingerprint density at radius 3 is 2.50 bits per heavy atom. The third-order valence-electron chi connectivity index (χ3n) is 6.43. The smallest absolute Gasteiger partial charge is 0.104 e. The second kappa shape index (κ2) is 4.71. The molecule has 0 fully saturated rings. The predicted molar refractivity (Wildman–Crippen MR) is 81.3 cm³/mol. The van der Waals surface area contributed by atoms with Crippen molar-refractivity contribution in [3.8, 4) is 0 Å². The second-order valence-electron chi connectivity index (χ2n) is 7.72. The highest BCUT2D eigenvalue weighted by atomic mass is 16.3. The number of allylic oxidation sites excluding steroid dienone is 2. The van der Waals surface area contributed by atoms with Gasteiger partial charge in [-0.1, -0.05) is 31.1 Å². The summed E-state index contributed by atoms with van der Waals surface area (Å²) >= 11 is 0. The van der Waals surface area contributed by atoms with Crippen LogP contribution in [0.2, 0.25) is 0 Å². The van der Waals surface area contributed by atoms with Crippen LogP contribution in [0.1, 0.15) is 65.7 Å². The lowest BCUT2D eigenvalue weighted by Crippen LogP contribution is -2.55. The van der Waals surface area contributed by atoms with Gasteiger partial charge in [0.05, 0.1) is 0 Å². The molecule has 20 heavy (non-hydrogen) atoms. The summed E-state index contributed by atoms with van der Waals surface area (Å²) in [5.74, 6) is 0.435. The molecule has 3 aliphatic rings. The molecule has 2 heteroatoms. The van der Waals surface area contributed by atoms with Gasteiger partial charge in [-0.05, 0) is 56.9 Å². The van der Waals surface area contributed by atoms with Gasteiger partial charge in [-0.3, -0.25) is 0 Å². The highest BCUT2D eigenvalue weighted by Crippen LogP contribution is 2.55. The van der Waals surface area contributed by atoms with Crippen LogP contribution in [0.15, 0.2) is 22.8 Å². The van der Waals surface area contributed by atoms with Crippen LogP contribution in [0.5, 0.6) is 0 Å². The summed E-state index contributed by atoms with van der Waals surface area (Å²) in [6.45, 7) is 6.28. The van der Waals surface area contributed by atoms with Crippen LogP contribution in [0.25, 0.3) is 0 Å². The standard InChI is InChI=1S/C18H28O2/c1-12-8-9-15-10-13-6-4-5-7-14(13)11-18(20,16(12)19)17(15,2)3/h8,15-16,19-20H,4-7,9-11H2,1-3H3/t15-,16-,18-/m1/s1. The predicted octanol–water partition coefficient (Wildman–Crippen LogP) is 3.74. The molecule has 0 unspecified atom stereocenters. The number of fused-ring (bicyclic) bond motifs is 2. The van der Waals surface area contributed by atoms with Gasteiger partial charge in [-0.2, -0.15) is 0 Å². The Balaban J connectivity index is 2.10. The molecule has 2 N–H and O–H groups in total. The second-order valence-corrected chi connectivity index (χ2v) is 7.72. The quantitative estimate of drug-likeness (QED) is 0.662. The molecule has 0 aromatic rings. The fourth-order valence-electron chi connectivity index (χ4n) is 4.59. The van der Waals surface area contributed by atoms with Crippen molar-refractivity contribution in [2.24, 2.45) is 11.3 Å². The summed E-state index contributed by atoms with van der Waals surface area (Å²) in [5, 5.41) is 22.2. The fourth-order valence-corrected chi connectivity index (χ4v) is 4.59. The van der Waals surface area contributed by atoms with Crippen LogP contribution in [0.3, 0.4) is 0 Å². The van der Waals surface area contributed by atoms with E-state index in [-0.39, 0.29) is 5.41 Å². The lowest BCUT2D eigenvalue weighted by Gasteiger charge is -2.47. The van der Waals surface area contributed by atoms with Crippen LogP contribution in [-0.2, 0) is 0 Å². The Labute approximate surface area is 122 Å². The van der Waals surface area contributed by atoms with Gasteiger partial charge in [0.25, 0.3) is 0 Å². The molecule has 0 aromatic carbocycles. The Bertz CT molecular complexity index is 472. The van der Waals surface area contributed by atoms with Crippen molar-refractivity contribution in [2.75, 3.05) is 0 Å². The normalized spacial score (nSPS) is 40.5. The minimum Gasteiger partial charge on any atom is -0.386 e. The molecule has 112 valence electrons. The van der Waals surface area contributed by atoms with Gasteiger partial charge < -0.3 is 10.2 Å². The Morgan fingerprint density at radius 2 is 1.80 bits per heavy atom. The van der Waals surface area contributed by atoms with Gasteiger partial charge >= 0.3 is 0 Å². The van der Waals surface area contributed by atoms with Crippen molar-refractivity contribution in [2.45, 2.75) is 77.4 Å². The van der Waals surface area contributed by atoms with E-state index in [1.807, 2.05) is 6.92 Å². The average molecular weight is 276 g/mol. The molecular weight excluding hydrogens is 248 g/mol. The number of hydrogen-bond acceptors (Lipinski definition) is 2. The van der Waals surface area contributed by atoms with E-state index in [1.54, 1.807) is 5.57 Å². The largest absolute Gasteiger partial charge is 0.386 e. The van der Waals surface area contributed by atoms with Crippen molar-refractivity contribution < 1.29 is 10.2 Å². The molecule has 3 atom stereocenters. The summed E-state index contributed by atoms with van der Waals surface area (Å²) in [6, 6.07) is 0. The molecule has 0 spiro atoms. The fraction of sp³-hybridized carbons (Fsp3) is 0.778. The summed E-state index contributed by atoms with van der Waals surface area (Å²) in [4.78, 5) is 0. The summed E-state index contributed by atoms with van der Waals surface area (Å²) < 4.78 is 0. The van der Waals surface area contributed by atoms with Crippen molar-refractivity contribution in [1.82, 2.24) is 0 Å². The third-order valence-corrected chi connectivity index (χ3v) is 6.43. The Kier molecular flexibility index (Phi) is 3.38. The number of hydrogen-bond donors (Lipinski definition) is 2. The molecule has 0 radical (unpaired) electrons. The van der Waals surface area contributed by atoms with E-state index in [0.29, 0.717) is 12.3 Å². The zero-order valence-corrected chi connectivity index (χ0v) is 13.1. The monoisotopic (exact) mass is 276 g/mol. The Hall–Kier alpha value is -0.600. The van der Waals surface area contributed by atoms with E-state index in [4.69, 9.17) is 0 Å². The number of rotatable bonds is 0. The highest BCUT2D eigenvalue weighted by Gasteiger charge is 2.55. The highest BCUT2D eigenvalue weighted by molar-refractivity contribution is 5.30. The van der Waals surface area contributed by atoms with Crippen molar-refractivity contribution >= 4 is 0 Å². The summed E-state index contributed by atoms with van der Waals surface area (Å²) in [7, 11) is 0. The van der Waals surface area contributed by atoms with Crippen LogP contribution in [0, 0.1) is 11.3 Å². The molecule has 2 bridgehead atoms. The molecule has 0 saturated heterocycles. The topological polar surface area (TPSA) is 40.5 Å². The van der Waals surface area contributed by atoms with Gasteiger partial charge in [0.1, 0.15) is 11.7 Å². The maximum absolute atomic E-state index is 11.4. The molecular formula is C18H28O2. The number of aliphatic hydroxyl groups excluding tert-OH is 1. The third kappa shape index (κ3) is 1.92. The molecule has 0 amide bonds. The lowest BCUT2D eigenvalue weighted by atomic mass is 9.62. The average Bonchev–Trinajstić information content (AvgIpc) is 2.53. The van der Waals surface area contributed by atoms with Crippen molar-refractivity contribution in [1.29, 1.82) is 0 Å². The zero-order valence-electron chi connectivity index (χ0n) is 13.1. The van der Waals surface area contributed by atoms with E-state index in [1.165, 1.54) is 24.8 Å². The summed E-state index contributed by atoms with van der Waals surface area (Å²) in [5.41, 5.74) is 2.72. The van der Waals surface area contributed by atoms with E-state index < -0.39 is 11.7 Å². The van der Waals surface area contributed by atoms with Crippen LogP contribution in [-0.4, -0.2) is 21.9 Å². The molecule has 3 aliphatic carbocycles. The van der Waals surface area contributed by atoms with Gasteiger partial charge in [0.2, 0.25) is 0 Å². The minimum absolute atomic E-state index is 0.252. The summed E-state index contributed by atoms with van der Waals surface area (Å²) in [6.07, 6.45) is 9.05. The molecule has 0 heterocycles. The van der Waals surface area contributed by atoms with Gasteiger partial charge in [0.15, 0.2) is 0 Å². The van der Waals surface area contributed by atoms with Crippen molar-refractivity contribution in [3.05, 3.63) is 22.8 Å². The van der Waals surface area contributed by atoms with E-state index >= 15 is 0 Å². The lowest BCUT2D eigenvalue weighted by molar-refractivity contribution is -0.149. The first-order valence-corrected chi connectivity index (χ1v) is 8.13. The Morgan fingerprint density at radius 1 is 1.15 bits per heavy atom. The van der Waals surface area contributed by atoms with E-state index in [2.05, 4.69) is 19.9 Å². The molecule has 0 aromatic heterocycles. The molecule has 0 aliphatic heterocycles. The van der Waals surface area contributed by atoms with Crippen LogP contribution >= 0.6 is 0 Å². The first-order valence-electron chi connectivity index (χ1n) is 8.13. The minimum atomic E-state index is -1.01. The molecule has 2 nitrogen and oxygen atoms in total. The van der Waals surface area contributed by atoms with Gasteiger partial charge in [-0.15, -0.1) is 0 Å². The first kappa shape index (κ1) is 14.3. The van der Waals surface area contributed by atoms with Crippen molar-refractivity contribution in [3.63, 3.8) is 0 Å². The van der Waals surface area contributed by atoms with Crippen LogP contribution in [0.4, 0.5) is 0 Å². The SMILES string of the molecule is CC1=CC[C@@H]2CC3=C(CCCC3)C[C@@](O)([C@@H]1O)C2(C)C. The molecule has 3 rings (SSSR count). The van der Waals surface area contributed by atoms with Crippen LogP contribution < -0.4 is 0 Å². The zero-order chi connectivity index (χ0) is 14.5. The van der Waals surface area contributed by atoms with Gasteiger partial charge in [0, 0.05) is 11.8 Å². The maximum Gasteiger partial charge on any atom is 0.104 e. The van der Waals surface area contributed by atoms with E-state index in [9.17, 15) is 10.2 Å². The first-order chi connectivity index (χ1) is 9.36. The number of aliphatic hydroxyl groups is 2. The van der Waals surface area contributed by atoms with Gasteiger partial charge in [-0.25, -0.2) is 0 Å². The maximum atomic E-state index is 11.4.